The van der Waals surface area contributed by atoms with Crippen LogP contribution in [-0.4, -0.2) is 36.7 Å². The first-order valence-corrected chi connectivity index (χ1v) is 7.32. The van der Waals surface area contributed by atoms with E-state index in [-0.39, 0.29) is 11.8 Å². The van der Waals surface area contributed by atoms with Gasteiger partial charge in [-0.2, -0.15) is 0 Å². The van der Waals surface area contributed by atoms with Crippen molar-refractivity contribution in [3.05, 3.63) is 23.8 Å². The van der Waals surface area contributed by atoms with Crippen LogP contribution in [0.4, 0.5) is 0 Å². The number of hydrogen-bond donors (Lipinski definition) is 1. The minimum absolute atomic E-state index is 0.0368. The minimum atomic E-state index is -0.839. The van der Waals surface area contributed by atoms with Crippen molar-refractivity contribution < 1.29 is 23.8 Å². The maximum Gasteiger partial charge on any atom is 0.337 e. The van der Waals surface area contributed by atoms with Gasteiger partial charge in [0.05, 0.1) is 12.7 Å². The summed E-state index contributed by atoms with van der Waals surface area (Å²) in [7, 11) is 1.31. The number of carbonyl (C=O) groups is 2. The molecule has 0 saturated heterocycles. The molecule has 7 nitrogen and oxygen atoms in total. The average molecular weight is 318 g/mol. The average Bonchev–Trinajstić information content (AvgIpc) is 3.08. The molecule has 2 unspecified atom stereocenters. The minimum Gasteiger partial charge on any atom is -0.465 e. The van der Waals surface area contributed by atoms with Crippen LogP contribution in [-0.2, 0) is 9.53 Å². The lowest BCUT2D eigenvalue weighted by Crippen LogP contribution is -2.43. The molecule has 0 radical (unpaired) electrons. The molecule has 0 bridgehead atoms. The standard InChI is InChI=1S/C16H18N2O5/c1-8(2)16(3)15(20)17-12(18-16)14-22-10-6-5-9(13(19)21-4)7-11(10)23-14/h5-8,14H,1-4H3,(H,17,18,20). The molecule has 0 spiro atoms. The second-order valence-electron chi connectivity index (χ2n) is 5.97. The van der Waals surface area contributed by atoms with E-state index in [0.29, 0.717) is 22.9 Å². The van der Waals surface area contributed by atoms with Gasteiger partial charge in [-0.15, -0.1) is 0 Å². The highest BCUT2D eigenvalue weighted by atomic mass is 16.7. The third-order valence-corrected chi connectivity index (χ3v) is 4.23. The highest BCUT2D eigenvalue weighted by Crippen LogP contribution is 2.37. The number of carbonyl (C=O) groups excluding carboxylic acids is 2. The predicted molar refractivity (Wildman–Crippen MR) is 81.6 cm³/mol. The smallest absolute Gasteiger partial charge is 0.337 e. The van der Waals surface area contributed by atoms with Crippen LogP contribution in [0.3, 0.4) is 0 Å². The molecule has 0 fully saturated rings. The van der Waals surface area contributed by atoms with E-state index in [0.717, 1.165) is 0 Å². The Balaban J connectivity index is 1.83. The van der Waals surface area contributed by atoms with Crippen LogP contribution in [0.2, 0.25) is 0 Å². The van der Waals surface area contributed by atoms with Crippen molar-refractivity contribution in [2.75, 3.05) is 7.11 Å². The largest absolute Gasteiger partial charge is 0.465 e. The zero-order valence-electron chi connectivity index (χ0n) is 13.4. The molecule has 122 valence electrons. The maximum absolute atomic E-state index is 12.2. The fourth-order valence-corrected chi connectivity index (χ4v) is 2.38. The zero-order valence-corrected chi connectivity index (χ0v) is 13.4. The van der Waals surface area contributed by atoms with Gasteiger partial charge < -0.3 is 19.5 Å². The molecule has 3 rings (SSSR count). The van der Waals surface area contributed by atoms with Crippen LogP contribution in [0.25, 0.3) is 0 Å². The number of amides is 1. The summed E-state index contributed by atoms with van der Waals surface area (Å²) in [6.07, 6.45) is -0.831. The summed E-state index contributed by atoms with van der Waals surface area (Å²) in [6.45, 7) is 5.64. The first-order valence-electron chi connectivity index (χ1n) is 7.32. The molecule has 23 heavy (non-hydrogen) atoms. The van der Waals surface area contributed by atoms with E-state index < -0.39 is 17.8 Å². The Morgan fingerprint density at radius 2 is 2.04 bits per heavy atom. The van der Waals surface area contributed by atoms with Crippen LogP contribution >= 0.6 is 0 Å². The van der Waals surface area contributed by atoms with Crippen molar-refractivity contribution in [2.45, 2.75) is 32.6 Å². The van der Waals surface area contributed by atoms with Gasteiger partial charge in [-0.3, -0.25) is 4.79 Å². The number of ether oxygens (including phenoxy) is 3. The van der Waals surface area contributed by atoms with Crippen molar-refractivity contribution >= 4 is 17.7 Å². The molecule has 7 heteroatoms. The normalized spacial score (nSPS) is 25.3. The topological polar surface area (TPSA) is 86.2 Å². The molecule has 2 heterocycles. The van der Waals surface area contributed by atoms with E-state index in [2.05, 4.69) is 15.0 Å². The first-order chi connectivity index (χ1) is 10.8. The van der Waals surface area contributed by atoms with Gasteiger partial charge in [0.15, 0.2) is 17.3 Å². The van der Waals surface area contributed by atoms with Crippen LogP contribution in [0.1, 0.15) is 31.1 Å². The maximum atomic E-state index is 12.2. The Morgan fingerprint density at radius 3 is 2.65 bits per heavy atom. The van der Waals surface area contributed by atoms with E-state index in [4.69, 9.17) is 9.47 Å². The molecule has 1 aromatic carbocycles. The third kappa shape index (κ3) is 2.42. The molecule has 1 N–H and O–H groups in total. The SMILES string of the molecule is COC(=O)c1ccc2c(c1)OC(C1=NC(C)(C(C)C)C(=O)N1)O2. The molecule has 2 aliphatic heterocycles. The van der Waals surface area contributed by atoms with Gasteiger partial charge in [-0.05, 0) is 31.0 Å². The highest BCUT2D eigenvalue weighted by molar-refractivity contribution is 6.09. The van der Waals surface area contributed by atoms with Crippen molar-refractivity contribution in [1.29, 1.82) is 0 Å². The Hall–Kier alpha value is -2.57. The van der Waals surface area contributed by atoms with Gasteiger partial charge in [0.2, 0.25) is 0 Å². The Bertz CT molecular complexity index is 712. The number of hydrogen-bond acceptors (Lipinski definition) is 6. The molecule has 1 aromatic rings. The third-order valence-electron chi connectivity index (χ3n) is 4.23. The van der Waals surface area contributed by atoms with Crippen LogP contribution in [0.5, 0.6) is 11.5 Å². The lowest BCUT2D eigenvalue weighted by molar-refractivity contribution is -0.124. The van der Waals surface area contributed by atoms with Gasteiger partial charge in [0, 0.05) is 0 Å². The number of rotatable bonds is 3. The zero-order chi connectivity index (χ0) is 16.8. The summed E-state index contributed by atoms with van der Waals surface area (Å²) in [6, 6.07) is 4.75. The fraction of sp³-hybridized carbons (Fsp3) is 0.438. The molecule has 0 aliphatic carbocycles. The van der Waals surface area contributed by atoms with E-state index in [1.165, 1.54) is 7.11 Å². The van der Waals surface area contributed by atoms with Crippen LogP contribution in [0, 0.1) is 5.92 Å². The highest BCUT2D eigenvalue weighted by Gasteiger charge is 2.45. The number of nitrogens with zero attached hydrogens (tertiary/aromatic N) is 1. The van der Waals surface area contributed by atoms with Crippen molar-refractivity contribution in [2.24, 2.45) is 10.9 Å². The fourth-order valence-electron chi connectivity index (χ4n) is 2.38. The molecule has 0 saturated carbocycles. The van der Waals surface area contributed by atoms with E-state index >= 15 is 0 Å². The van der Waals surface area contributed by atoms with Gasteiger partial charge >= 0.3 is 5.97 Å². The van der Waals surface area contributed by atoms with Gasteiger partial charge in [0.1, 0.15) is 5.54 Å². The molecular formula is C16H18N2O5. The lowest BCUT2D eigenvalue weighted by Gasteiger charge is -2.21. The van der Waals surface area contributed by atoms with E-state index in [1.807, 2.05) is 13.8 Å². The number of amidine groups is 1. The number of esters is 1. The quantitative estimate of drug-likeness (QED) is 0.854. The molecular weight excluding hydrogens is 300 g/mol. The number of aliphatic imine (C=N–C) groups is 1. The number of nitrogens with one attached hydrogen (secondary N) is 1. The van der Waals surface area contributed by atoms with Gasteiger partial charge in [-0.25, -0.2) is 9.79 Å². The number of benzene rings is 1. The van der Waals surface area contributed by atoms with E-state index in [9.17, 15) is 9.59 Å². The Labute approximate surface area is 133 Å². The number of fused-ring (bicyclic) bond motifs is 1. The van der Waals surface area contributed by atoms with Crippen LogP contribution < -0.4 is 14.8 Å². The Morgan fingerprint density at radius 1 is 1.35 bits per heavy atom. The lowest BCUT2D eigenvalue weighted by atomic mass is 9.89. The van der Waals surface area contributed by atoms with Gasteiger partial charge in [-0.1, -0.05) is 13.8 Å². The molecule has 1 amide bonds. The van der Waals surface area contributed by atoms with Crippen molar-refractivity contribution in [3.63, 3.8) is 0 Å². The van der Waals surface area contributed by atoms with Crippen molar-refractivity contribution in [3.8, 4) is 11.5 Å². The second kappa shape index (κ2) is 5.26. The summed E-state index contributed by atoms with van der Waals surface area (Å²) in [5.41, 5.74) is -0.478. The summed E-state index contributed by atoms with van der Waals surface area (Å²) in [5, 5.41) is 2.72. The number of methoxy groups -OCH3 is 1. The summed E-state index contributed by atoms with van der Waals surface area (Å²) < 4.78 is 16.0. The van der Waals surface area contributed by atoms with Crippen molar-refractivity contribution in [1.82, 2.24) is 5.32 Å². The van der Waals surface area contributed by atoms with Crippen LogP contribution in [0.15, 0.2) is 23.2 Å². The summed E-state index contributed by atoms with van der Waals surface area (Å²) in [5.74, 6) is 0.627. The predicted octanol–water partition coefficient (Wildman–Crippen LogP) is 1.51. The van der Waals surface area contributed by atoms with E-state index in [1.54, 1.807) is 25.1 Å². The summed E-state index contributed by atoms with van der Waals surface area (Å²) >= 11 is 0. The van der Waals surface area contributed by atoms with Gasteiger partial charge in [0.25, 0.3) is 12.2 Å². The summed E-state index contributed by atoms with van der Waals surface area (Å²) in [4.78, 5) is 28.2. The molecule has 2 aliphatic rings. The monoisotopic (exact) mass is 318 g/mol. The first kappa shape index (κ1) is 15.3. The second-order valence-corrected chi connectivity index (χ2v) is 5.97. The molecule has 0 aromatic heterocycles. The Kier molecular flexibility index (Phi) is 3.50. The molecule has 2 atom stereocenters.